The maximum atomic E-state index is 5.74. The maximum Gasteiger partial charge on any atom is 0.120 e. The van der Waals surface area contributed by atoms with Gasteiger partial charge in [0.05, 0.1) is 10.9 Å². The van der Waals surface area contributed by atoms with Crippen molar-refractivity contribution in [3.63, 3.8) is 0 Å². The van der Waals surface area contributed by atoms with E-state index in [1.807, 2.05) is 18.3 Å². The van der Waals surface area contributed by atoms with Gasteiger partial charge in [-0.25, -0.2) is 4.98 Å². The highest BCUT2D eigenvalue weighted by molar-refractivity contribution is 7.19. The van der Waals surface area contributed by atoms with Crippen molar-refractivity contribution < 1.29 is 0 Å². The molecule has 0 aromatic carbocycles. The number of thiazole rings is 1. The summed E-state index contributed by atoms with van der Waals surface area (Å²) in [6, 6.07) is 2.00. The number of pyridine rings is 1. The second kappa shape index (κ2) is 3.72. The zero-order valence-corrected chi connectivity index (χ0v) is 9.50. The van der Waals surface area contributed by atoms with Gasteiger partial charge < -0.3 is 5.73 Å². The topological polar surface area (TPSA) is 51.8 Å². The van der Waals surface area contributed by atoms with Crippen LogP contribution in [0.2, 0.25) is 0 Å². The van der Waals surface area contributed by atoms with Crippen LogP contribution in [0.5, 0.6) is 0 Å². The fourth-order valence-electron chi connectivity index (χ4n) is 1.75. The van der Waals surface area contributed by atoms with Gasteiger partial charge in [-0.15, -0.1) is 11.3 Å². The lowest BCUT2D eigenvalue weighted by molar-refractivity contribution is 0.957. The number of hydrogen-bond acceptors (Lipinski definition) is 4. The fraction of sp³-hybridized carbons (Fsp3) is 0.167. The summed E-state index contributed by atoms with van der Waals surface area (Å²) in [6.45, 7) is 0. The summed E-state index contributed by atoms with van der Waals surface area (Å²) in [5.74, 6) is 0. The van der Waals surface area contributed by atoms with E-state index < -0.39 is 0 Å². The van der Waals surface area contributed by atoms with Gasteiger partial charge in [0.25, 0.3) is 0 Å². The van der Waals surface area contributed by atoms with Gasteiger partial charge >= 0.3 is 0 Å². The summed E-state index contributed by atoms with van der Waals surface area (Å²) in [4.78, 5) is 8.66. The van der Waals surface area contributed by atoms with Crippen LogP contribution >= 0.6 is 11.3 Å². The lowest BCUT2D eigenvalue weighted by Crippen LogP contribution is -2.00. The molecule has 2 aromatic rings. The van der Waals surface area contributed by atoms with Crippen LogP contribution in [0, 0.1) is 0 Å². The molecule has 16 heavy (non-hydrogen) atoms. The average Bonchev–Trinajstić information content (AvgIpc) is 2.73. The lowest BCUT2D eigenvalue weighted by atomic mass is 10.0. The summed E-state index contributed by atoms with van der Waals surface area (Å²) in [5.41, 5.74) is 8.94. The predicted octanol–water partition coefficient (Wildman–Crippen LogP) is 2.71. The summed E-state index contributed by atoms with van der Waals surface area (Å²) in [5, 5.41) is 1.09. The third-order valence-corrected chi connectivity index (χ3v) is 3.76. The van der Waals surface area contributed by atoms with Gasteiger partial charge in [0, 0.05) is 11.9 Å². The molecule has 1 aliphatic rings. The van der Waals surface area contributed by atoms with Gasteiger partial charge in [0.1, 0.15) is 10.5 Å². The molecule has 80 valence electrons. The highest BCUT2D eigenvalue weighted by atomic mass is 32.1. The standard InChI is InChI=1S/C12H11N3S/c13-9-3-1-8(2-4-9)12-15-10-7-14-6-5-11(10)16-12/h1,3,5-7H,2,4,13H2. The van der Waals surface area contributed by atoms with Crippen molar-refractivity contribution in [2.75, 3.05) is 0 Å². The summed E-state index contributed by atoms with van der Waals surface area (Å²) >= 11 is 1.72. The molecule has 2 aromatic heterocycles. The van der Waals surface area contributed by atoms with Crippen LogP contribution in [0.1, 0.15) is 17.8 Å². The Balaban J connectivity index is 2.07. The molecule has 0 spiro atoms. The van der Waals surface area contributed by atoms with Crippen molar-refractivity contribution in [1.29, 1.82) is 0 Å². The van der Waals surface area contributed by atoms with E-state index in [4.69, 9.17) is 5.73 Å². The second-order valence-electron chi connectivity index (χ2n) is 3.80. The lowest BCUT2D eigenvalue weighted by Gasteiger charge is -2.08. The molecular formula is C12H11N3S. The molecule has 1 aliphatic carbocycles. The molecule has 0 atom stereocenters. The first-order valence-electron chi connectivity index (χ1n) is 5.19. The third-order valence-electron chi connectivity index (χ3n) is 2.65. The fourth-order valence-corrected chi connectivity index (χ4v) is 2.73. The third kappa shape index (κ3) is 1.61. The van der Waals surface area contributed by atoms with E-state index in [0.29, 0.717) is 0 Å². The maximum absolute atomic E-state index is 5.74. The van der Waals surface area contributed by atoms with Crippen molar-refractivity contribution in [1.82, 2.24) is 9.97 Å². The summed E-state index contributed by atoms with van der Waals surface area (Å²) in [7, 11) is 0. The van der Waals surface area contributed by atoms with E-state index in [1.54, 1.807) is 17.5 Å². The van der Waals surface area contributed by atoms with Gasteiger partial charge in [-0.2, -0.15) is 0 Å². The first-order chi connectivity index (χ1) is 7.83. The van der Waals surface area contributed by atoms with E-state index in [-0.39, 0.29) is 0 Å². The number of allylic oxidation sites excluding steroid dienone is 4. The molecule has 0 saturated carbocycles. The molecule has 2 N–H and O–H groups in total. The zero-order chi connectivity index (χ0) is 11.0. The van der Waals surface area contributed by atoms with Crippen LogP contribution in [0.4, 0.5) is 0 Å². The first-order valence-corrected chi connectivity index (χ1v) is 6.01. The molecule has 3 nitrogen and oxygen atoms in total. The van der Waals surface area contributed by atoms with E-state index in [2.05, 4.69) is 16.0 Å². The molecule has 0 radical (unpaired) electrons. The van der Waals surface area contributed by atoms with Crippen LogP contribution in [-0.2, 0) is 0 Å². The van der Waals surface area contributed by atoms with E-state index >= 15 is 0 Å². The van der Waals surface area contributed by atoms with Gasteiger partial charge in [-0.3, -0.25) is 4.98 Å². The summed E-state index contributed by atoms with van der Waals surface area (Å²) in [6.07, 6.45) is 9.57. The molecular weight excluding hydrogens is 218 g/mol. The number of fused-ring (bicyclic) bond motifs is 1. The van der Waals surface area contributed by atoms with Crippen molar-refractivity contribution in [2.24, 2.45) is 5.73 Å². The van der Waals surface area contributed by atoms with Gasteiger partial charge in [-0.1, -0.05) is 6.08 Å². The Morgan fingerprint density at radius 1 is 1.25 bits per heavy atom. The van der Waals surface area contributed by atoms with Gasteiger partial charge in [-0.05, 0) is 30.6 Å². The van der Waals surface area contributed by atoms with Crippen LogP contribution in [0.3, 0.4) is 0 Å². The highest BCUT2D eigenvalue weighted by Gasteiger charge is 2.11. The smallest absolute Gasteiger partial charge is 0.120 e. The predicted molar refractivity (Wildman–Crippen MR) is 66.9 cm³/mol. The van der Waals surface area contributed by atoms with E-state index in [0.717, 1.165) is 29.1 Å². The number of aromatic nitrogens is 2. The molecule has 0 saturated heterocycles. The van der Waals surface area contributed by atoms with Gasteiger partial charge in [0.2, 0.25) is 0 Å². The Kier molecular flexibility index (Phi) is 2.22. The normalized spacial score (nSPS) is 16.0. The Labute approximate surface area is 97.3 Å². The Morgan fingerprint density at radius 3 is 2.94 bits per heavy atom. The Bertz CT molecular complexity index is 562. The molecule has 0 unspecified atom stereocenters. The number of rotatable bonds is 1. The second-order valence-corrected chi connectivity index (χ2v) is 4.83. The van der Waals surface area contributed by atoms with Crippen molar-refractivity contribution in [2.45, 2.75) is 12.8 Å². The number of nitrogens with zero attached hydrogens (tertiary/aromatic N) is 2. The minimum atomic E-state index is 0.931. The number of hydrogen-bond donors (Lipinski definition) is 1. The van der Waals surface area contributed by atoms with Crippen LogP contribution in [0.25, 0.3) is 15.8 Å². The van der Waals surface area contributed by atoms with E-state index in [1.165, 1.54) is 10.3 Å². The van der Waals surface area contributed by atoms with Crippen LogP contribution in [-0.4, -0.2) is 9.97 Å². The molecule has 4 heteroatoms. The Hall–Kier alpha value is -1.68. The minimum Gasteiger partial charge on any atom is -0.402 e. The SMILES string of the molecule is NC1=CC=C(c2nc3cnccc3s2)CC1. The van der Waals surface area contributed by atoms with Crippen molar-refractivity contribution >= 4 is 27.1 Å². The molecule has 0 fully saturated rings. The zero-order valence-electron chi connectivity index (χ0n) is 8.68. The molecule has 0 aliphatic heterocycles. The van der Waals surface area contributed by atoms with Gasteiger partial charge in [0.15, 0.2) is 0 Å². The highest BCUT2D eigenvalue weighted by Crippen LogP contribution is 2.31. The monoisotopic (exact) mass is 229 g/mol. The minimum absolute atomic E-state index is 0.931. The molecule has 3 rings (SSSR count). The average molecular weight is 229 g/mol. The Morgan fingerprint density at radius 2 is 2.19 bits per heavy atom. The van der Waals surface area contributed by atoms with Crippen molar-refractivity contribution in [3.05, 3.63) is 41.3 Å². The largest absolute Gasteiger partial charge is 0.402 e. The quantitative estimate of drug-likeness (QED) is 0.818. The molecule has 0 amide bonds. The summed E-state index contributed by atoms with van der Waals surface area (Å²) < 4.78 is 1.19. The molecule has 0 bridgehead atoms. The number of nitrogens with two attached hydrogens (primary N) is 1. The van der Waals surface area contributed by atoms with Crippen molar-refractivity contribution in [3.8, 4) is 0 Å². The van der Waals surface area contributed by atoms with E-state index in [9.17, 15) is 0 Å². The van der Waals surface area contributed by atoms with Crippen LogP contribution < -0.4 is 5.73 Å². The molecule has 2 heterocycles. The first kappa shape index (κ1) is 9.54. The van der Waals surface area contributed by atoms with Crippen LogP contribution in [0.15, 0.2) is 36.3 Å².